The topological polar surface area (TPSA) is 87.6 Å². The molecule has 1 unspecified atom stereocenters. The minimum atomic E-state index is -0.276. The van der Waals surface area contributed by atoms with E-state index < -0.39 is 0 Å². The van der Waals surface area contributed by atoms with Crippen LogP contribution in [-0.2, 0) is 4.79 Å². The Hall–Kier alpha value is -1.27. The van der Waals surface area contributed by atoms with Crippen molar-refractivity contribution in [3.8, 4) is 11.5 Å². The van der Waals surface area contributed by atoms with Gasteiger partial charge in [0.05, 0.1) is 18.7 Å². The molecule has 0 saturated heterocycles. The van der Waals surface area contributed by atoms with Gasteiger partial charge >= 0.3 is 0 Å². The maximum atomic E-state index is 10.7. The number of carbonyl (C=O) groups is 1. The van der Waals surface area contributed by atoms with Gasteiger partial charge in [0, 0.05) is 18.0 Å². The van der Waals surface area contributed by atoms with E-state index in [1.54, 1.807) is 14.2 Å². The van der Waals surface area contributed by atoms with Crippen LogP contribution >= 0.6 is 15.9 Å². The van der Waals surface area contributed by atoms with E-state index in [2.05, 4.69) is 15.9 Å². The number of methoxy groups -OCH3 is 2. The molecule has 0 heterocycles. The quantitative estimate of drug-likeness (QED) is 0.709. The van der Waals surface area contributed by atoms with Gasteiger partial charge < -0.3 is 20.9 Å². The van der Waals surface area contributed by atoms with E-state index in [0.29, 0.717) is 12.2 Å². The molecule has 1 aromatic rings. The van der Waals surface area contributed by atoms with Gasteiger partial charge in [-0.15, -0.1) is 0 Å². The maximum Gasteiger partial charge on any atom is 0.217 e. The number of carbonyl (C=O) groups excluding carboxylic acids is 1. The van der Waals surface area contributed by atoms with Crippen molar-refractivity contribution in [2.75, 3.05) is 14.2 Å². The number of ether oxygens (including phenoxy) is 2. The van der Waals surface area contributed by atoms with Crippen molar-refractivity contribution >= 4 is 21.8 Å². The van der Waals surface area contributed by atoms with Crippen LogP contribution in [0.4, 0.5) is 0 Å². The molecule has 4 N–H and O–H groups in total. The predicted octanol–water partition coefficient (Wildman–Crippen LogP) is 2.51. The third-order valence-electron chi connectivity index (χ3n) is 3.09. The number of amides is 1. The fourth-order valence-electron chi connectivity index (χ4n) is 1.99. The number of nitrogens with two attached hydrogens (primary N) is 2. The molecule has 0 fully saturated rings. The van der Waals surface area contributed by atoms with Crippen molar-refractivity contribution in [3.05, 3.63) is 22.2 Å². The van der Waals surface area contributed by atoms with Crippen molar-refractivity contribution in [2.24, 2.45) is 11.5 Å². The smallest absolute Gasteiger partial charge is 0.217 e. The average molecular weight is 345 g/mol. The van der Waals surface area contributed by atoms with Gasteiger partial charge in [-0.3, -0.25) is 4.79 Å². The molecule has 0 saturated carbocycles. The van der Waals surface area contributed by atoms with E-state index in [0.717, 1.165) is 35.0 Å². The standard InChI is InChI=1S/C14H21BrN2O3/c1-19-12-8-10(15)13(20-2)7-9(12)11(16)5-3-4-6-14(17)18/h7-8,11H,3-6,16H2,1-2H3,(H2,17,18). The first-order chi connectivity index (χ1) is 9.49. The van der Waals surface area contributed by atoms with E-state index in [1.165, 1.54) is 0 Å². The monoisotopic (exact) mass is 344 g/mol. The maximum absolute atomic E-state index is 10.7. The fourth-order valence-corrected chi connectivity index (χ4v) is 2.48. The summed E-state index contributed by atoms with van der Waals surface area (Å²) in [6, 6.07) is 3.55. The molecular weight excluding hydrogens is 324 g/mol. The van der Waals surface area contributed by atoms with Gasteiger partial charge in [0.25, 0.3) is 0 Å². The summed E-state index contributed by atoms with van der Waals surface area (Å²) in [6.45, 7) is 0. The van der Waals surface area contributed by atoms with Gasteiger partial charge in [-0.2, -0.15) is 0 Å². The minimum absolute atomic E-state index is 0.167. The molecule has 0 spiro atoms. The predicted molar refractivity (Wildman–Crippen MR) is 81.8 cm³/mol. The summed E-state index contributed by atoms with van der Waals surface area (Å²) in [7, 11) is 3.21. The Morgan fingerprint density at radius 2 is 1.90 bits per heavy atom. The number of primary amides is 1. The van der Waals surface area contributed by atoms with Gasteiger partial charge in [0.2, 0.25) is 5.91 Å². The molecule has 0 aliphatic rings. The van der Waals surface area contributed by atoms with Gasteiger partial charge in [0.15, 0.2) is 0 Å². The SMILES string of the molecule is COc1cc(C(N)CCCCC(N)=O)c(OC)cc1Br. The highest BCUT2D eigenvalue weighted by Gasteiger charge is 2.15. The molecule has 0 bridgehead atoms. The van der Waals surface area contributed by atoms with Crippen LogP contribution < -0.4 is 20.9 Å². The van der Waals surface area contributed by atoms with E-state index in [-0.39, 0.29) is 11.9 Å². The van der Waals surface area contributed by atoms with Crippen molar-refractivity contribution in [1.29, 1.82) is 0 Å². The average Bonchev–Trinajstić information content (AvgIpc) is 2.42. The van der Waals surface area contributed by atoms with Gasteiger partial charge in [-0.25, -0.2) is 0 Å². The largest absolute Gasteiger partial charge is 0.496 e. The van der Waals surface area contributed by atoms with Crippen LogP contribution in [0.3, 0.4) is 0 Å². The van der Waals surface area contributed by atoms with Crippen LogP contribution in [0.2, 0.25) is 0 Å². The van der Waals surface area contributed by atoms with E-state index >= 15 is 0 Å². The molecule has 0 aromatic heterocycles. The lowest BCUT2D eigenvalue weighted by atomic mass is 10.00. The summed E-state index contributed by atoms with van der Waals surface area (Å²) >= 11 is 3.41. The molecular formula is C14H21BrN2O3. The highest BCUT2D eigenvalue weighted by atomic mass is 79.9. The minimum Gasteiger partial charge on any atom is -0.496 e. The Morgan fingerprint density at radius 1 is 1.25 bits per heavy atom. The summed E-state index contributed by atoms with van der Waals surface area (Å²) in [4.78, 5) is 10.7. The van der Waals surface area contributed by atoms with Crippen LogP contribution in [0.1, 0.15) is 37.3 Å². The molecule has 112 valence electrons. The van der Waals surface area contributed by atoms with E-state index in [9.17, 15) is 4.79 Å². The summed E-state index contributed by atoms with van der Waals surface area (Å²) in [5, 5.41) is 0. The molecule has 0 radical (unpaired) electrons. The normalized spacial score (nSPS) is 12.0. The molecule has 1 atom stereocenters. The van der Waals surface area contributed by atoms with E-state index in [1.807, 2.05) is 12.1 Å². The van der Waals surface area contributed by atoms with Crippen LogP contribution in [0.5, 0.6) is 11.5 Å². The second kappa shape index (κ2) is 8.11. The second-order valence-corrected chi connectivity index (χ2v) is 5.40. The van der Waals surface area contributed by atoms with Gasteiger partial charge in [-0.1, -0.05) is 6.42 Å². The molecule has 5 nitrogen and oxygen atoms in total. The van der Waals surface area contributed by atoms with Gasteiger partial charge in [0.1, 0.15) is 11.5 Å². The second-order valence-electron chi connectivity index (χ2n) is 4.55. The highest BCUT2D eigenvalue weighted by Crippen LogP contribution is 2.36. The van der Waals surface area contributed by atoms with Crippen LogP contribution in [-0.4, -0.2) is 20.1 Å². The summed E-state index contributed by atoms with van der Waals surface area (Å²) < 4.78 is 11.4. The Labute approximate surface area is 127 Å². The Kier molecular flexibility index (Phi) is 6.81. The third-order valence-corrected chi connectivity index (χ3v) is 3.71. The Balaban J connectivity index is 2.75. The summed E-state index contributed by atoms with van der Waals surface area (Å²) in [5.41, 5.74) is 12.2. The molecule has 0 aliphatic heterocycles. The molecule has 20 heavy (non-hydrogen) atoms. The number of hydrogen-bond donors (Lipinski definition) is 2. The molecule has 1 rings (SSSR count). The van der Waals surface area contributed by atoms with Crippen molar-refractivity contribution in [1.82, 2.24) is 0 Å². The first-order valence-corrected chi connectivity index (χ1v) is 7.24. The third kappa shape index (κ3) is 4.68. The first kappa shape index (κ1) is 16.8. The van der Waals surface area contributed by atoms with Crippen molar-refractivity contribution in [2.45, 2.75) is 31.7 Å². The van der Waals surface area contributed by atoms with Crippen molar-refractivity contribution in [3.63, 3.8) is 0 Å². The Morgan fingerprint density at radius 3 is 2.45 bits per heavy atom. The fraction of sp³-hybridized carbons (Fsp3) is 0.500. The molecule has 1 aromatic carbocycles. The zero-order valence-electron chi connectivity index (χ0n) is 11.8. The molecule has 1 amide bonds. The van der Waals surface area contributed by atoms with Crippen LogP contribution in [0.15, 0.2) is 16.6 Å². The number of benzene rings is 1. The summed E-state index contributed by atoms with van der Waals surface area (Å²) in [5.74, 6) is 1.16. The van der Waals surface area contributed by atoms with Gasteiger partial charge in [-0.05, 0) is 40.9 Å². The van der Waals surface area contributed by atoms with Crippen LogP contribution in [0, 0.1) is 0 Å². The lowest BCUT2D eigenvalue weighted by Crippen LogP contribution is -2.13. The lowest BCUT2D eigenvalue weighted by molar-refractivity contribution is -0.118. The highest BCUT2D eigenvalue weighted by molar-refractivity contribution is 9.10. The van der Waals surface area contributed by atoms with Crippen LogP contribution in [0.25, 0.3) is 0 Å². The molecule has 0 aliphatic carbocycles. The lowest BCUT2D eigenvalue weighted by Gasteiger charge is -2.17. The number of halogens is 1. The summed E-state index contributed by atoms with van der Waals surface area (Å²) in [6.07, 6.45) is 2.74. The number of rotatable bonds is 8. The first-order valence-electron chi connectivity index (χ1n) is 6.45. The van der Waals surface area contributed by atoms with E-state index in [4.69, 9.17) is 20.9 Å². The van der Waals surface area contributed by atoms with Crippen molar-refractivity contribution < 1.29 is 14.3 Å². The number of hydrogen-bond acceptors (Lipinski definition) is 4. The number of unbranched alkanes of at least 4 members (excludes halogenated alkanes) is 1. The molecule has 6 heteroatoms. The zero-order valence-corrected chi connectivity index (χ0v) is 13.4. The Bertz CT molecular complexity index is 466. The zero-order chi connectivity index (χ0) is 15.1.